The maximum Gasteiger partial charge on any atom is 0.167 e. The van der Waals surface area contributed by atoms with Crippen LogP contribution in [0.4, 0.5) is 5.82 Å². The average molecular weight is 367 g/mol. The van der Waals surface area contributed by atoms with Crippen molar-refractivity contribution in [3.8, 4) is 0 Å². The molecule has 3 heterocycles. The Balaban J connectivity index is 1.62. The predicted molar refractivity (Wildman–Crippen MR) is 97.1 cm³/mol. The highest BCUT2D eigenvalue weighted by molar-refractivity contribution is 7.99. The number of aliphatic hydroxyl groups is 2. The van der Waals surface area contributed by atoms with E-state index in [0.717, 1.165) is 12.2 Å². The number of thioether (sulfide) groups is 1. The second kappa shape index (κ2) is 8.31. The summed E-state index contributed by atoms with van der Waals surface area (Å²) in [5.41, 5.74) is 6.73. The van der Waals surface area contributed by atoms with Crippen LogP contribution in [0.5, 0.6) is 0 Å². The maximum atomic E-state index is 10.4. The molecule has 2 aromatic rings. The van der Waals surface area contributed by atoms with Crippen molar-refractivity contribution in [1.29, 1.82) is 0 Å². The Labute approximate surface area is 150 Å². The number of unbranched alkanes of at least 4 members (excludes halogenated alkanes) is 3. The Morgan fingerprint density at radius 2 is 2.04 bits per heavy atom. The topological polar surface area (TPSA) is 119 Å². The average Bonchev–Trinajstić information content (AvgIpc) is 3.15. The highest BCUT2D eigenvalue weighted by Crippen LogP contribution is 2.33. The fourth-order valence-corrected chi connectivity index (χ4v) is 4.07. The van der Waals surface area contributed by atoms with E-state index in [0.29, 0.717) is 16.9 Å². The summed E-state index contributed by atoms with van der Waals surface area (Å²) in [5, 5.41) is 20.7. The summed E-state index contributed by atoms with van der Waals surface area (Å²) >= 11 is 1.75. The number of imidazole rings is 1. The predicted octanol–water partition coefficient (Wildman–Crippen LogP) is 1.34. The van der Waals surface area contributed by atoms with E-state index in [-0.39, 0.29) is 5.82 Å². The lowest BCUT2D eigenvalue weighted by molar-refractivity contribution is -0.0289. The molecule has 0 spiro atoms. The summed E-state index contributed by atoms with van der Waals surface area (Å²) in [4.78, 5) is 12.3. The summed E-state index contributed by atoms with van der Waals surface area (Å²) in [6, 6.07) is 0. The highest BCUT2D eigenvalue weighted by Gasteiger charge is 2.44. The molecule has 1 aliphatic rings. The largest absolute Gasteiger partial charge is 0.387 e. The Morgan fingerprint density at radius 3 is 2.84 bits per heavy atom. The Morgan fingerprint density at radius 1 is 1.20 bits per heavy atom. The first-order chi connectivity index (χ1) is 12.1. The molecule has 0 bridgehead atoms. The van der Waals surface area contributed by atoms with E-state index in [1.807, 2.05) is 0 Å². The van der Waals surface area contributed by atoms with Crippen LogP contribution in [0.1, 0.15) is 38.8 Å². The highest BCUT2D eigenvalue weighted by atomic mass is 32.2. The summed E-state index contributed by atoms with van der Waals surface area (Å²) in [5.74, 6) is 1.95. The van der Waals surface area contributed by atoms with Gasteiger partial charge in [0.2, 0.25) is 0 Å². The lowest BCUT2D eigenvalue weighted by Crippen LogP contribution is -2.32. The van der Waals surface area contributed by atoms with Crippen LogP contribution >= 0.6 is 11.8 Å². The third-order valence-corrected chi connectivity index (χ3v) is 5.56. The van der Waals surface area contributed by atoms with Gasteiger partial charge < -0.3 is 20.7 Å². The Hall–Kier alpha value is -1.42. The minimum Gasteiger partial charge on any atom is -0.387 e. The number of nitrogen functional groups attached to an aromatic ring is 1. The molecule has 0 amide bonds. The smallest absolute Gasteiger partial charge is 0.167 e. The van der Waals surface area contributed by atoms with Gasteiger partial charge in [-0.2, -0.15) is 11.8 Å². The van der Waals surface area contributed by atoms with Crippen LogP contribution in [0.2, 0.25) is 0 Å². The molecule has 0 saturated carbocycles. The van der Waals surface area contributed by atoms with Crippen LogP contribution in [0.25, 0.3) is 11.2 Å². The van der Waals surface area contributed by atoms with Gasteiger partial charge in [0, 0.05) is 5.75 Å². The summed E-state index contributed by atoms with van der Waals surface area (Å²) in [6.45, 7) is 2.19. The minimum atomic E-state index is -1.04. The zero-order valence-corrected chi connectivity index (χ0v) is 15.1. The molecule has 0 radical (unpaired) electrons. The summed E-state index contributed by atoms with van der Waals surface area (Å²) in [6.07, 6.45) is 4.57. The van der Waals surface area contributed by atoms with Crippen molar-refractivity contribution in [1.82, 2.24) is 19.5 Å². The van der Waals surface area contributed by atoms with Crippen molar-refractivity contribution < 1.29 is 14.9 Å². The molecule has 1 saturated heterocycles. The van der Waals surface area contributed by atoms with Crippen LogP contribution in [0.15, 0.2) is 12.7 Å². The molecular formula is C16H25N5O3S. The van der Waals surface area contributed by atoms with Crippen LogP contribution in [-0.4, -0.2) is 59.5 Å². The number of anilines is 1. The molecule has 0 aliphatic carbocycles. The molecule has 3 rings (SSSR count). The maximum absolute atomic E-state index is 10.4. The standard InChI is InChI=1S/C16H25N5O3S/c1-2-3-4-5-6-25-7-10-12(22)13(23)16(24-10)21-9-20-11-14(17)18-8-19-15(11)21/h8-10,12-13,16,22-23H,2-7H2,1H3,(H2,17,18,19). The zero-order chi connectivity index (χ0) is 17.8. The van der Waals surface area contributed by atoms with Crippen molar-refractivity contribution in [3.05, 3.63) is 12.7 Å². The quantitative estimate of drug-likeness (QED) is 0.598. The van der Waals surface area contributed by atoms with E-state index in [1.54, 1.807) is 16.3 Å². The first-order valence-corrected chi connectivity index (χ1v) is 9.81. The van der Waals surface area contributed by atoms with Crippen molar-refractivity contribution in [2.75, 3.05) is 17.2 Å². The number of nitrogens with two attached hydrogens (primary N) is 1. The van der Waals surface area contributed by atoms with Gasteiger partial charge in [0.25, 0.3) is 0 Å². The fourth-order valence-electron chi connectivity index (χ4n) is 2.98. The summed E-state index contributed by atoms with van der Waals surface area (Å²) < 4.78 is 7.51. The van der Waals surface area contributed by atoms with Gasteiger partial charge in [0.15, 0.2) is 17.7 Å². The Kier molecular flexibility index (Phi) is 6.10. The van der Waals surface area contributed by atoms with Crippen molar-refractivity contribution in [3.63, 3.8) is 0 Å². The van der Waals surface area contributed by atoms with Gasteiger partial charge in [-0.25, -0.2) is 15.0 Å². The van der Waals surface area contributed by atoms with E-state index in [1.165, 1.54) is 31.9 Å². The molecule has 4 N–H and O–H groups in total. The van der Waals surface area contributed by atoms with Crippen molar-refractivity contribution in [2.24, 2.45) is 0 Å². The number of nitrogens with zero attached hydrogens (tertiary/aromatic N) is 4. The van der Waals surface area contributed by atoms with Gasteiger partial charge in [-0.3, -0.25) is 4.57 Å². The van der Waals surface area contributed by atoms with Gasteiger partial charge >= 0.3 is 0 Å². The molecular weight excluding hydrogens is 342 g/mol. The van der Waals surface area contributed by atoms with Crippen molar-refractivity contribution in [2.45, 2.75) is 57.1 Å². The number of aromatic nitrogens is 4. The molecule has 138 valence electrons. The van der Waals surface area contributed by atoms with Gasteiger partial charge in [-0.05, 0) is 12.2 Å². The molecule has 25 heavy (non-hydrogen) atoms. The number of aliphatic hydroxyl groups excluding tert-OH is 2. The lowest BCUT2D eigenvalue weighted by Gasteiger charge is -2.16. The Bertz CT molecular complexity index is 697. The number of fused-ring (bicyclic) bond motifs is 1. The summed E-state index contributed by atoms with van der Waals surface area (Å²) in [7, 11) is 0. The van der Waals surface area contributed by atoms with Crippen molar-refractivity contribution >= 4 is 28.7 Å². The zero-order valence-electron chi connectivity index (χ0n) is 14.3. The van der Waals surface area contributed by atoms with Crippen LogP contribution in [0.3, 0.4) is 0 Å². The SMILES string of the molecule is CCCCCCSCC1OC(n2cnc3c(N)ncnc32)C(O)C1O. The second-order valence-corrected chi connectivity index (χ2v) is 7.41. The first-order valence-electron chi connectivity index (χ1n) is 8.65. The molecule has 4 unspecified atom stereocenters. The van der Waals surface area contributed by atoms with E-state index in [2.05, 4.69) is 21.9 Å². The lowest BCUT2D eigenvalue weighted by atomic mass is 10.1. The van der Waals surface area contributed by atoms with E-state index < -0.39 is 24.5 Å². The van der Waals surface area contributed by atoms with E-state index >= 15 is 0 Å². The molecule has 4 atom stereocenters. The normalized spacial score (nSPS) is 26.5. The van der Waals surface area contributed by atoms with Gasteiger partial charge in [-0.1, -0.05) is 26.2 Å². The molecule has 2 aromatic heterocycles. The molecule has 9 heteroatoms. The van der Waals surface area contributed by atoms with E-state index in [9.17, 15) is 10.2 Å². The molecule has 0 aromatic carbocycles. The fraction of sp³-hybridized carbons (Fsp3) is 0.688. The van der Waals surface area contributed by atoms with Crippen LogP contribution in [-0.2, 0) is 4.74 Å². The third kappa shape index (κ3) is 3.89. The minimum absolute atomic E-state index is 0.274. The van der Waals surface area contributed by atoms with Gasteiger partial charge in [0.05, 0.1) is 12.4 Å². The molecule has 8 nitrogen and oxygen atoms in total. The first kappa shape index (κ1) is 18.4. The third-order valence-electron chi connectivity index (χ3n) is 4.42. The molecule has 1 fully saturated rings. The number of hydrogen-bond donors (Lipinski definition) is 3. The monoisotopic (exact) mass is 367 g/mol. The van der Waals surface area contributed by atoms with E-state index in [4.69, 9.17) is 10.5 Å². The second-order valence-electron chi connectivity index (χ2n) is 6.26. The number of rotatable bonds is 8. The van der Waals surface area contributed by atoms with Gasteiger partial charge in [-0.15, -0.1) is 0 Å². The van der Waals surface area contributed by atoms with Crippen LogP contribution in [0, 0.1) is 0 Å². The number of ether oxygens (including phenoxy) is 1. The number of hydrogen-bond acceptors (Lipinski definition) is 8. The van der Waals surface area contributed by atoms with Crippen LogP contribution < -0.4 is 5.73 Å². The molecule has 1 aliphatic heterocycles. The van der Waals surface area contributed by atoms with Gasteiger partial charge in [0.1, 0.15) is 24.1 Å².